The number of aryl methyl sites for hydroxylation is 1. The van der Waals surface area contributed by atoms with Crippen LogP contribution in [0.5, 0.6) is 0 Å². The average Bonchev–Trinajstić information content (AvgIpc) is 2.89. The Kier molecular flexibility index (Phi) is 4.56. The molecule has 2 N–H and O–H groups in total. The SMILES string of the molecule is Cc1ccc(NC(=O)C2CNCCO2)cc1N1CCCS1(=O)=O. The Labute approximate surface area is 136 Å². The molecule has 0 spiro atoms. The van der Waals surface area contributed by atoms with Crippen LogP contribution in [0.3, 0.4) is 0 Å². The zero-order chi connectivity index (χ0) is 16.4. The van der Waals surface area contributed by atoms with E-state index >= 15 is 0 Å². The van der Waals surface area contributed by atoms with Crippen LogP contribution < -0.4 is 14.9 Å². The van der Waals surface area contributed by atoms with Crippen molar-refractivity contribution in [3.05, 3.63) is 23.8 Å². The van der Waals surface area contributed by atoms with Gasteiger partial charge in [0, 0.05) is 25.3 Å². The highest BCUT2D eigenvalue weighted by atomic mass is 32.2. The third-order valence-corrected chi connectivity index (χ3v) is 5.92. The minimum absolute atomic E-state index is 0.171. The molecule has 0 saturated carbocycles. The minimum Gasteiger partial charge on any atom is -0.366 e. The highest BCUT2D eigenvalue weighted by molar-refractivity contribution is 7.93. The molecule has 1 aromatic carbocycles. The van der Waals surface area contributed by atoms with E-state index in [4.69, 9.17) is 4.74 Å². The smallest absolute Gasteiger partial charge is 0.254 e. The Bertz CT molecular complexity index is 699. The number of benzene rings is 1. The van der Waals surface area contributed by atoms with Gasteiger partial charge in [-0.05, 0) is 31.0 Å². The van der Waals surface area contributed by atoms with Crippen LogP contribution in [0.25, 0.3) is 0 Å². The molecular weight excluding hydrogens is 318 g/mol. The highest BCUT2D eigenvalue weighted by Crippen LogP contribution is 2.30. The molecule has 1 unspecified atom stereocenters. The molecule has 3 rings (SSSR count). The van der Waals surface area contributed by atoms with Crippen molar-refractivity contribution in [1.82, 2.24) is 5.32 Å². The summed E-state index contributed by atoms with van der Waals surface area (Å²) in [6, 6.07) is 5.31. The molecule has 1 atom stereocenters. The van der Waals surface area contributed by atoms with Gasteiger partial charge in [-0.15, -0.1) is 0 Å². The third-order valence-electron chi connectivity index (χ3n) is 4.06. The Morgan fingerprint density at radius 1 is 1.43 bits per heavy atom. The molecule has 0 aliphatic carbocycles. The maximum absolute atomic E-state index is 12.2. The van der Waals surface area contributed by atoms with Crippen LogP contribution >= 0.6 is 0 Å². The van der Waals surface area contributed by atoms with Crippen molar-refractivity contribution in [2.75, 3.05) is 41.6 Å². The predicted molar refractivity (Wildman–Crippen MR) is 88.2 cm³/mol. The van der Waals surface area contributed by atoms with Crippen molar-refractivity contribution in [3.8, 4) is 0 Å². The van der Waals surface area contributed by atoms with Gasteiger partial charge in [0.25, 0.3) is 5.91 Å². The number of morpholine rings is 1. The van der Waals surface area contributed by atoms with Crippen LogP contribution in [0.2, 0.25) is 0 Å². The molecular formula is C15H21N3O4S. The molecule has 0 radical (unpaired) electrons. The second-order valence-electron chi connectivity index (χ2n) is 5.80. The normalized spacial score (nSPS) is 23.7. The molecule has 2 fully saturated rings. The fourth-order valence-electron chi connectivity index (χ4n) is 2.82. The first-order valence-corrected chi connectivity index (χ1v) is 9.32. The molecule has 8 heteroatoms. The first-order chi connectivity index (χ1) is 11.0. The molecule has 2 aliphatic heterocycles. The van der Waals surface area contributed by atoms with Crippen molar-refractivity contribution in [3.63, 3.8) is 0 Å². The molecule has 126 valence electrons. The van der Waals surface area contributed by atoms with Crippen LogP contribution in [-0.2, 0) is 19.6 Å². The Hall–Kier alpha value is -1.64. The van der Waals surface area contributed by atoms with Crippen LogP contribution in [0.15, 0.2) is 18.2 Å². The summed E-state index contributed by atoms with van der Waals surface area (Å²) in [4.78, 5) is 12.2. The maximum Gasteiger partial charge on any atom is 0.254 e. The number of ether oxygens (including phenoxy) is 1. The number of nitrogens with zero attached hydrogens (tertiary/aromatic N) is 1. The van der Waals surface area contributed by atoms with Crippen molar-refractivity contribution >= 4 is 27.3 Å². The Balaban J connectivity index is 1.79. The number of sulfonamides is 1. The number of rotatable bonds is 3. The van der Waals surface area contributed by atoms with Gasteiger partial charge in [0.15, 0.2) is 0 Å². The van der Waals surface area contributed by atoms with E-state index in [1.165, 1.54) is 4.31 Å². The zero-order valence-corrected chi connectivity index (χ0v) is 13.9. The van der Waals surface area contributed by atoms with Gasteiger partial charge in [0.05, 0.1) is 18.0 Å². The van der Waals surface area contributed by atoms with Gasteiger partial charge in [-0.3, -0.25) is 9.10 Å². The summed E-state index contributed by atoms with van der Waals surface area (Å²) < 4.78 is 31.1. The standard InChI is InChI=1S/C15H21N3O4S/c1-11-3-4-12(17-15(19)14-10-16-5-7-22-14)9-13(11)18-6-2-8-23(18,20)21/h3-4,9,14,16H,2,5-8,10H2,1H3,(H,17,19). The van der Waals surface area contributed by atoms with Gasteiger partial charge in [0.1, 0.15) is 6.10 Å². The van der Waals surface area contributed by atoms with E-state index in [9.17, 15) is 13.2 Å². The van der Waals surface area contributed by atoms with Crippen molar-refractivity contribution in [2.24, 2.45) is 0 Å². The highest BCUT2D eigenvalue weighted by Gasteiger charge is 2.30. The van der Waals surface area contributed by atoms with Gasteiger partial charge in [-0.1, -0.05) is 6.07 Å². The van der Waals surface area contributed by atoms with E-state index in [1.807, 2.05) is 13.0 Å². The molecule has 1 aromatic rings. The largest absolute Gasteiger partial charge is 0.366 e. The second-order valence-corrected chi connectivity index (χ2v) is 7.81. The number of carbonyl (C=O) groups excluding carboxylic acids is 1. The predicted octanol–water partition coefficient (Wildman–Crippen LogP) is 0.462. The topological polar surface area (TPSA) is 87.7 Å². The van der Waals surface area contributed by atoms with Crippen LogP contribution in [0.1, 0.15) is 12.0 Å². The van der Waals surface area contributed by atoms with E-state index in [-0.39, 0.29) is 11.7 Å². The lowest BCUT2D eigenvalue weighted by molar-refractivity contribution is -0.128. The summed E-state index contributed by atoms with van der Waals surface area (Å²) in [7, 11) is -3.24. The lowest BCUT2D eigenvalue weighted by atomic mass is 10.1. The summed E-state index contributed by atoms with van der Waals surface area (Å²) in [5.41, 5.74) is 2.07. The maximum atomic E-state index is 12.2. The zero-order valence-electron chi connectivity index (χ0n) is 13.0. The van der Waals surface area contributed by atoms with E-state index in [0.29, 0.717) is 37.5 Å². The summed E-state index contributed by atoms with van der Waals surface area (Å²) in [5.74, 6) is -0.0544. The first-order valence-electron chi connectivity index (χ1n) is 7.71. The first kappa shape index (κ1) is 16.2. The summed E-state index contributed by atoms with van der Waals surface area (Å²) >= 11 is 0. The molecule has 2 heterocycles. The lowest BCUT2D eigenvalue weighted by Crippen LogP contribution is -2.45. The fraction of sp³-hybridized carbons (Fsp3) is 0.533. The van der Waals surface area contributed by atoms with Gasteiger partial charge >= 0.3 is 0 Å². The van der Waals surface area contributed by atoms with Gasteiger partial charge in [0.2, 0.25) is 10.0 Å². The monoisotopic (exact) mass is 339 g/mol. The minimum atomic E-state index is -3.24. The number of nitrogens with one attached hydrogen (secondary N) is 2. The molecule has 7 nitrogen and oxygen atoms in total. The third kappa shape index (κ3) is 3.49. The van der Waals surface area contributed by atoms with Crippen LogP contribution in [0.4, 0.5) is 11.4 Å². The number of amides is 1. The average molecular weight is 339 g/mol. The van der Waals surface area contributed by atoms with Crippen molar-refractivity contribution < 1.29 is 17.9 Å². The summed E-state index contributed by atoms with van der Waals surface area (Å²) in [5, 5.41) is 5.91. The Morgan fingerprint density at radius 3 is 2.91 bits per heavy atom. The molecule has 23 heavy (non-hydrogen) atoms. The van der Waals surface area contributed by atoms with Crippen LogP contribution in [-0.4, -0.2) is 52.4 Å². The number of hydrogen-bond donors (Lipinski definition) is 2. The molecule has 2 aliphatic rings. The molecule has 2 saturated heterocycles. The molecule has 0 aromatic heterocycles. The summed E-state index contributed by atoms with van der Waals surface area (Å²) in [6.07, 6.45) is 0.101. The van der Waals surface area contributed by atoms with Gasteiger partial charge < -0.3 is 15.4 Å². The van der Waals surface area contributed by atoms with E-state index < -0.39 is 16.1 Å². The lowest BCUT2D eigenvalue weighted by Gasteiger charge is -2.24. The summed E-state index contributed by atoms with van der Waals surface area (Å²) in [6.45, 7) is 4.07. The fourth-order valence-corrected chi connectivity index (χ4v) is 4.44. The van der Waals surface area contributed by atoms with E-state index in [2.05, 4.69) is 10.6 Å². The number of hydrogen-bond acceptors (Lipinski definition) is 5. The van der Waals surface area contributed by atoms with Crippen molar-refractivity contribution in [2.45, 2.75) is 19.4 Å². The number of carbonyl (C=O) groups is 1. The van der Waals surface area contributed by atoms with Crippen molar-refractivity contribution in [1.29, 1.82) is 0 Å². The Morgan fingerprint density at radius 2 is 2.26 bits per heavy atom. The molecule has 0 bridgehead atoms. The second kappa shape index (κ2) is 6.46. The quantitative estimate of drug-likeness (QED) is 0.835. The molecule has 1 amide bonds. The van der Waals surface area contributed by atoms with E-state index in [1.54, 1.807) is 12.1 Å². The van der Waals surface area contributed by atoms with E-state index in [0.717, 1.165) is 12.1 Å². The van der Waals surface area contributed by atoms with Gasteiger partial charge in [-0.2, -0.15) is 0 Å². The van der Waals surface area contributed by atoms with Crippen LogP contribution in [0, 0.1) is 6.92 Å². The van der Waals surface area contributed by atoms with Gasteiger partial charge in [-0.25, -0.2) is 8.42 Å². The number of anilines is 2.